The van der Waals surface area contributed by atoms with Crippen molar-refractivity contribution in [3.63, 3.8) is 0 Å². The molecule has 1 atom stereocenters. The predicted molar refractivity (Wildman–Crippen MR) is 68.7 cm³/mol. The van der Waals surface area contributed by atoms with Crippen molar-refractivity contribution >= 4 is 29.3 Å². The fraction of sp³-hybridized carbons (Fsp3) is 0.333. The van der Waals surface area contributed by atoms with Crippen LogP contribution in [0.15, 0.2) is 29.2 Å². The Morgan fingerprint density at radius 1 is 1.30 bits per heavy atom. The average Bonchev–Trinajstić information content (AvgIpc) is 2.28. The van der Waals surface area contributed by atoms with Crippen LogP contribution in [0.1, 0.15) is 6.92 Å². The lowest BCUT2D eigenvalue weighted by molar-refractivity contribution is -0.188. The molecule has 1 aromatic carbocycles. The minimum Gasteiger partial charge on any atom is -0.481 e. The number of nitrogens with one attached hydrogen (secondary N) is 1. The van der Waals surface area contributed by atoms with Crippen molar-refractivity contribution < 1.29 is 27.9 Å². The van der Waals surface area contributed by atoms with Crippen molar-refractivity contribution in [2.75, 3.05) is 11.1 Å². The van der Waals surface area contributed by atoms with Gasteiger partial charge in [0.2, 0.25) is 5.91 Å². The minimum absolute atomic E-state index is 0.256. The summed E-state index contributed by atoms with van der Waals surface area (Å²) in [6.07, 6.45) is -4.77. The highest BCUT2D eigenvalue weighted by Crippen LogP contribution is 2.32. The topological polar surface area (TPSA) is 66.4 Å². The molecule has 0 fully saturated rings. The lowest BCUT2D eigenvalue weighted by Gasteiger charge is -2.15. The molecule has 2 N–H and O–H groups in total. The normalized spacial score (nSPS) is 12.8. The first kappa shape index (κ1) is 16.4. The van der Waals surface area contributed by atoms with E-state index in [-0.39, 0.29) is 5.91 Å². The number of hydrogen-bond acceptors (Lipinski definition) is 3. The quantitative estimate of drug-likeness (QED) is 0.821. The van der Waals surface area contributed by atoms with Crippen LogP contribution in [0.2, 0.25) is 0 Å². The lowest BCUT2D eigenvalue weighted by Crippen LogP contribution is -2.32. The summed E-state index contributed by atoms with van der Waals surface area (Å²) >= 11 is 0.798. The zero-order chi connectivity index (χ0) is 15.3. The second-order valence-electron chi connectivity index (χ2n) is 3.95. The molecule has 0 aliphatic rings. The molecule has 20 heavy (non-hydrogen) atoms. The number of aliphatic carboxylic acids is 1. The van der Waals surface area contributed by atoms with Gasteiger partial charge in [-0.05, 0) is 24.3 Å². The zero-order valence-corrected chi connectivity index (χ0v) is 11.2. The number of carbonyl (C=O) groups excluding carboxylic acids is 1. The fourth-order valence-corrected chi connectivity index (χ4v) is 2.34. The van der Waals surface area contributed by atoms with E-state index in [1.165, 1.54) is 31.2 Å². The van der Waals surface area contributed by atoms with Crippen LogP contribution in [0, 0.1) is 5.92 Å². The molecule has 8 heteroatoms. The maximum absolute atomic E-state index is 12.4. The number of thioether (sulfide) groups is 1. The largest absolute Gasteiger partial charge is 0.481 e. The predicted octanol–water partition coefficient (Wildman–Crippen LogP) is 3.00. The summed E-state index contributed by atoms with van der Waals surface area (Å²) in [6.45, 7) is 1.34. The highest BCUT2D eigenvalue weighted by atomic mass is 32.2. The van der Waals surface area contributed by atoms with Gasteiger partial charge in [0, 0.05) is 23.3 Å². The third-order valence-electron chi connectivity index (χ3n) is 2.28. The van der Waals surface area contributed by atoms with Crippen LogP contribution in [0.25, 0.3) is 0 Å². The number of hydrogen-bond donors (Lipinski definition) is 2. The third-order valence-corrected chi connectivity index (χ3v) is 3.39. The SMILES string of the molecule is CC(=O)Nc1ccc(SCC(C(=O)O)C(F)(F)F)cc1. The first-order valence-corrected chi connectivity index (χ1v) is 6.48. The van der Waals surface area contributed by atoms with E-state index in [1.54, 1.807) is 0 Å². The second-order valence-corrected chi connectivity index (χ2v) is 5.04. The number of rotatable bonds is 5. The van der Waals surface area contributed by atoms with Crippen molar-refractivity contribution in [1.82, 2.24) is 0 Å². The van der Waals surface area contributed by atoms with E-state index in [0.717, 1.165) is 11.8 Å². The van der Waals surface area contributed by atoms with Gasteiger partial charge in [-0.3, -0.25) is 9.59 Å². The van der Waals surface area contributed by atoms with E-state index >= 15 is 0 Å². The number of anilines is 1. The van der Waals surface area contributed by atoms with Crippen LogP contribution in [-0.4, -0.2) is 28.9 Å². The van der Waals surface area contributed by atoms with Crippen molar-refractivity contribution in [2.24, 2.45) is 5.92 Å². The van der Waals surface area contributed by atoms with E-state index in [9.17, 15) is 22.8 Å². The number of carboxylic acid groups (broad SMARTS) is 1. The molecule has 0 spiro atoms. The molecule has 0 saturated heterocycles. The van der Waals surface area contributed by atoms with Gasteiger partial charge in [-0.15, -0.1) is 11.8 Å². The molecule has 0 heterocycles. The maximum Gasteiger partial charge on any atom is 0.403 e. The number of carbonyl (C=O) groups is 2. The van der Waals surface area contributed by atoms with Gasteiger partial charge in [0.05, 0.1) is 0 Å². The van der Waals surface area contributed by atoms with Crippen LogP contribution in [-0.2, 0) is 9.59 Å². The number of halogens is 3. The Balaban J connectivity index is 2.65. The highest BCUT2D eigenvalue weighted by Gasteiger charge is 2.44. The number of benzene rings is 1. The van der Waals surface area contributed by atoms with Gasteiger partial charge < -0.3 is 10.4 Å². The number of amides is 1. The molecule has 1 unspecified atom stereocenters. The van der Waals surface area contributed by atoms with Crippen LogP contribution in [0.4, 0.5) is 18.9 Å². The molecule has 0 radical (unpaired) electrons. The molecule has 0 bridgehead atoms. The van der Waals surface area contributed by atoms with E-state index in [1.807, 2.05) is 0 Å². The summed E-state index contributed by atoms with van der Waals surface area (Å²) < 4.78 is 37.3. The molecule has 4 nitrogen and oxygen atoms in total. The molecule has 1 rings (SSSR count). The summed E-state index contributed by atoms with van der Waals surface area (Å²) in [5.74, 6) is -5.14. The average molecular weight is 307 g/mol. The van der Waals surface area contributed by atoms with Crippen LogP contribution in [0.5, 0.6) is 0 Å². The smallest absolute Gasteiger partial charge is 0.403 e. The highest BCUT2D eigenvalue weighted by molar-refractivity contribution is 7.99. The fourth-order valence-electron chi connectivity index (χ4n) is 1.32. The molecule has 1 aromatic rings. The lowest BCUT2D eigenvalue weighted by atomic mass is 10.2. The Labute approximate surface area is 117 Å². The van der Waals surface area contributed by atoms with E-state index in [0.29, 0.717) is 10.6 Å². The Bertz CT molecular complexity index is 488. The second kappa shape index (κ2) is 6.65. The third kappa shape index (κ3) is 5.12. The van der Waals surface area contributed by atoms with Crippen molar-refractivity contribution in [2.45, 2.75) is 18.0 Å². The number of carboxylic acids is 1. The van der Waals surface area contributed by atoms with E-state index < -0.39 is 23.8 Å². The van der Waals surface area contributed by atoms with Gasteiger partial charge in [0.1, 0.15) is 0 Å². The standard InChI is InChI=1S/C12H12F3NO3S/c1-7(17)16-8-2-4-9(5-3-8)20-6-10(11(18)19)12(13,14)15/h2-5,10H,6H2,1H3,(H,16,17)(H,18,19). The van der Waals surface area contributed by atoms with Crippen molar-refractivity contribution in [3.05, 3.63) is 24.3 Å². The number of alkyl halides is 3. The monoisotopic (exact) mass is 307 g/mol. The summed E-state index contributed by atoms with van der Waals surface area (Å²) in [5, 5.41) is 11.1. The van der Waals surface area contributed by atoms with Gasteiger partial charge >= 0.3 is 12.1 Å². The van der Waals surface area contributed by atoms with Gasteiger partial charge in [-0.25, -0.2) is 0 Å². The van der Waals surface area contributed by atoms with E-state index in [4.69, 9.17) is 5.11 Å². The van der Waals surface area contributed by atoms with Gasteiger partial charge in [-0.2, -0.15) is 13.2 Å². The maximum atomic E-state index is 12.4. The summed E-state index contributed by atoms with van der Waals surface area (Å²) in [4.78, 5) is 21.8. The van der Waals surface area contributed by atoms with Crippen LogP contribution in [0.3, 0.4) is 0 Å². The van der Waals surface area contributed by atoms with E-state index in [2.05, 4.69) is 5.32 Å². The summed E-state index contributed by atoms with van der Waals surface area (Å²) in [6, 6.07) is 6.11. The van der Waals surface area contributed by atoms with Gasteiger partial charge in [-0.1, -0.05) is 0 Å². The molecular formula is C12H12F3NO3S. The van der Waals surface area contributed by atoms with Gasteiger partial charge in [0.15, 0.2) is 5.92 Å². The first-order valence-electron chi connectivity index (χ1n) is 5.50. The van der Waals surface area contributed by atoms with Crippen molar-refractivity contribution in [1.29, 1.82) is 0 Å². The molecule has 110 valence electrons. The molecule has 0 saturated carbocycles. The minimum atomic E-state index is -4.77. The van der Waals surface area contributed by atoms with Crippen LogP contribution >= 0.6 is 11.8 Å². The Kier molecular flexibility index (Phi) is 5.43. The first-order chi connectivity index (χ1) is 9.20. The molecule has 1 amide bonds. The summed E-state index contributed by atoms with van der Waals surface area (Å²) in [7, 11) is 0. The van der Waals surface area contributed by atoms with Gasteiger partial charge in [0.25, 0.3) is 0 Å². The molecular weight excluding hydrogens is 295 g/mol. The Hall–Kier alpha value is -1.70. The van der Waals surface area contributed by atoms with Crippen LogP contribution < -0.4 is 5.32 Å². The molecule has 0 aromatic heterocycles. The zero-order valence-electron chi connectivity index (χ0n) is 10.4. The Morgan fingerprint density at radius 3 is 2.25 bits per heavy atom. The molecule has 0 aliphatic carbocycles. The van der Waals surface area contributed by atoms with Crippen molar-refractivity contribution in [3.8, 4) is 0 Å². The Morgan fingerprint density at radius 2 is 1.85 bits per heavy atom. The summed E-state index contributed by atoms with van der Waals surface area (Å²) in [5.41, 5.74) is 0.521. The molecule has 0 aliphatic heterocycles.